The van der Waals surface area contributed by atoms with Crippen LogP contribution in [0.5, 0.6) is 0 Å². The van der Waals surface area contributed by atoms with Gasteiger partial charge in [-0.25, -0.2) is 4.79 Å². The van der Waals surface area contributed by atoms with Gasteiger partial charge in [0.1, 0.15) is 0 Å². The second-order valence-corrected chi connectivity index (χ2v) is 7.33. The van der Waals surface area contributed by atoms with E-state index in [4.69, 9.17) is 5.11 Å². The van der Waals surface area contributed by atoms with Gasteiger partial charge in [-0.05, 0) is 59.9 Å². The second kappa shape index (κ2) is 7.80. The number of carboxylic acid groups (broad SMARTS) is 1. The zero-order valence-electron chi connectivity index (χ0n) is 16.5. The number of carbonyl (C=O) groups is 1. The Bertz CT molecular complexity index is 1200. The molecule has 29 heavy (non-hydrogen) atoms. The molecule has 1 unspecified atom stereocenters. The van der Waals surface area contributed by atoms with E-state index < -0.39 is 5.97 Å². The van der Waals surface area contributed by atoms with Crippen LogP contribution in [-0.4, -0.2) is 15.6 Å². The molecule has 1 atom stereocenters. The van der Waals surface area contributed by atoms with Gasteiger partial charge < -0.3 is 9.67 Å². The number of allylic oxidation sites excluding steroid dienone is 1. The van der Waals surface area contributed by atoms with Crippen molar-refractivity contribution in [2.24, 2.45) is 0 Å². The van der Waals surface area contributed by atoms with E-state index in [2.05, 4.69) is 84.4 Å². The lowest BCUT2D eigenvalue weighted by Gasteiger charge is -2.23. The van der Waals surface area contributed by atoms with Crippen molar-refractivity contribution < 1.29 is 9.90 Å². The van der Waals surface area contributed by atoms with E-state index in [9.17, 15) is 4.79 Å². The van der Waals surface area contributed by atoms with Crippen LogP contribution in [0.3, 0.4) is 0 Å². The molecule has 144 valence electrons. The standard InChI is InChI=1S/C26H23NO2/c1-18-8-6-7-11-23(18)26(20-9-4-3-5-10-20)27-15-14-22-17-21(12-13-24(22)27)19(2)16-25(28)29/h3-17,26H,1-2H3,(H,28,29)/b19-16+. The number of hydrogen-bond acceptors (Lipinski definition) is 1. The van der Waals surface area contributed by atoms with Gasteiger partial charge in [0.25, 0.3) is 0 Å². The Balaban J connectivity index is 1.88. The highest BCUT2D eigenvalue weighted by atomic mass is 16.4. The average molecular weight is 381 g/mol. The van der Waals surface area contributed by atoms with E-state index in [1.54, 1.807) is 0 Å². The lowest BCUT2D eigenvalue weighted by Crippen LogP contribution is -2.12. The van der Waals surface area contributed by atoms with Gasteiger partial charge in [-0.15, -0.1) is 0 Å². The number of rotatable bonds is 5. The lowest BCUT2D eigenvalue weighted by molar-refractivity contribution is -0.131. The van der Waals surface area contributed by atoms with Crippen molar-refractivity contribution in [2.75, 3.05) is 0 Å². The number of carboxylic acids is 1. The number of nitrogens with zero attached hydrogens (tertiary/aromatic N) is 1. The first-order valence-corrected chi connectivity index (χ1v) is 9.67. The summed E-state index contributed by atoms with van der Waals surface area (Å²) in [6, 6.07) is 27.3. The third-order valence-corrected chi connectivity index (χ3v) is 5.39. The highest BCUT2D eigenvalue weighted by Gasteiger charge is 2.19. The quantitative estimate of drug-likeness (QED) is 0.426. The molecule has 3 aromatic carbocycles. The zero-order chi connectivity index (χ0) is 20.4. The van der Waals surface area contributed by atoms with Crippen LogP contribution in [-0.2, 0) is 4.79 Å². The third-order valence-electron chi connectivity index (χ3n) is 5.39. The molecule has 1 N–H and O–H groups in total. The first kappa shape index (κ1) is 18.8. The summed E-state index contributed by atoms with van der Waals surface area (Å²) in [6.07, 6.45) is 3.37. The second-order valence-electron chi connectivity index (χ2n) is 7.33. The van der Waals surface area contributed by atoms with Crippen LogP contribution < -0.4 is 0 Å². The summed E-state index contributed by atoms with van der Waals surface area (Å²) < 4.78 is 2.30. The number of hydrogen-bond donors (Lipinski definition) is 1. The van der Waals surface area contributed by atoms with Gasteiger partial charge in [-0.2, -0.15) is 0 Å². The largest absolute Gasteiger partial charge is 0.478 e. The van der Waals surface area contributed by atoms with Crippen LogP contribution in [0.25, 0.3) is 16.5 Å². The van der Waals surface area contributed by atoms with Crippen LogP contribution in [0, 0.1) is 6.92 Å². The first-order chi connectivity index (χ1) is 14.0. The molecule has 0 fully saturated rings. The zero-order valence-corrected chi connectivity index (χ0v) is 16.5. The molecule has 4 rings (SSSR count). The van der Waals surface area contributed by atoms with Crippen molar-refractivity contribution in [1.29, 1.82) is 0 Å². The van der Waals surface area contributed by atoms with Crippen molar-refractivity contribution in [3.8, 4) is 0 Å². The fraction of sp³-hybridized carbons (Fsp3) is 0.115. The van der Waals surface area contributed by atoms with Crippen molar-refractivity contribution >= 4 is 22.4 Å². The third kappa shape index (κ3) is 3.72. The molecular weight excluding hydrogens is 358 g/mol. The van der Waals surface area contributed by atoms with Crippen LogP contribution >= 0.6 is 0 Å². The number of aliphatic carboxylic acids is 1. The van der Waals surface area contributed by atoms with Crippen molar-refractivity contribution in [2.45, 2.75) is 19.9 Å². The number of benzene rings is 3. The molecule has 0 saturated heterocycles. The minimum Gasteiger partial charge on any atom is -0.478 e. The Kier molecular flexibility index (Phi) is 5.05. The molecule has 0 bridgehead atoms. The molecule has 0 aliphatic heterocycles. The molecule has 0 radical (unpaired) electrons. The molecule has 0 spiro atoms. The molecule has 0 amide bonds. The Labute approximate surface area is 170 Å². The van der Waals surface area contributed by atoms with Crippen molar-refractivity contribution in [1.82, 2.24) is 4.57 Å². The predicted molar refractivity (Wildman–Crippen MR) is 118 cm³/mol. The van der Waals surface area contributed by atoms with Gasteiger partial charge in [0, 0.05) is 23.2 Å². The molecule has 0 aliphatic carbocycles. The van der Waals surface area contributed by atoms with E-state index in [1.807, 2.05) is 19.1 Å². The van der Waals surface area contributed by atoms with Crippen LogP contribution in [0.15, 0.2) is 91.1 Å². The molecule has 0 aliphatic rings. The number of aromatic nitrogens is 1. The van der Waals surface area contributed by atoms with E-state index in [0.717, 1.165) is 22.0 Å². The Morgan fingerprint density at radius 1 is 0.966 bits per heavy atom. The van der Waals surface area contributed by atoms with E-state index >= 15 is 0 Å². The summed E-state index contributed by atoms with van der Waals surface area (Å²) in [7, 11) is 0. The van der Waals surface area contributed by atoms with Crippen LogP contribution in [0.4, 0.5) is 0 Å². The molecule has 0 saturated carbocycles. The first-order valence-electron chi connectivity index (χ1n) is 9.67. The SMILES string of the molecule is C/C(=C\C(=O)O)c1ccc2c(ccn2C(c2ccccc2)c2ccccc2C)c1. The fourth-order valence-electron chi connectivity index (χ4n) is 3.92. The summed E-state index contributed by atoms with van der Waals surface area (Å²) in [4.78, 5) is 11.0. The summed E-state index contributed by atoms with van der Waals surface area (Å²) in [5.41, 5.74) is 6.53. The van der Waals surface area contributed by atoms with E-state index in [0.29, 0.717) is 0 Å². The van der Waals surface area contributed by atoms with E-state index in [1.165, 1.54) is 22.8 Å². The molecule has 4 aromatic rings. The highest BCUT2D eigenvalue weighted by Crippen LogP contribution is 2.33. The lowest BCUT2D eigenvalue weighted by atomic mass is 9.94. The van der Waals surface area contributed by atoms with Crippen molar-refractivity contribution in [3.05, 3.63) is 113 Å². The van der Waals surface area contributed by atoms with Crippen LogP contribution in [0.1, 0.15) is 35.2 Å². The minimum absolute atomic E-state index is 0.0661. The molecule has 3 nitrogen and oxygen atoms in total. The molecule has 1 aromatic heterocycles. The Morgan fingerprint density at radius 3 is 2.41 bits per heavy atom. The predicted octanol–water partition coefficient (Wildman–Crippen LogP) is 6.08. The topological polar surface area (TPSA) is 42.2 Å². The monoisotopic (exact) mass is 381 g/mol. The van der Waals surface area contributed by atoms with Gasteiger partial charge in [0.15, 0.2) is 0 Å². The van der Waals surface area contributed by atoms with Gasteiger partial charge in [-0.1, -0.05) is 60.7 Å². The van der Waals surface area contributed by atoms with Gasteiger partial charge in [-0.3, -0.25) is 0 Å². The molecule has 3 heteroatoms. The van der Waals surface area contributed by atoms with Gasteiger partial charge in [0.2, 0.25) is 0 Å². The smallest absolute Gasteiger partial charge is 0.328 e. The van der Waals surface area contributed by atoms with E-state index in [-0.39, 0.29) is 6.04 Å². The summed E-state index contributed by atoms with van der Waals surface area (Å²) in [6.45, 7) is 3.97. The fourth-order valence-corrected chi connectivity index (χ4v) is 3.92. The number of fused-ring (bicyclic) bond motifs is 1. The Morgan fingerprint density at radius 2 is 1.69 bits per heavy atom. The number of aryl methyl sites for hydroxylation is 1. The summed E-state index contributed by atoms with van der Waals surface area (Å²) >= 11 is 0. The van der Waals surface area contributed by atoms with Gasteiger partial charge >= 0.3 is 5.97 Å². The summed E-state index contributed by atoms with van der Waals surface area (Å²) in [5.74, 6) is -0.927. The molecule has 1 heterocycles. The highest BCUT2D eigenvalue weighted by molar-refractivity contribution is 5.92. The average Bonchev–Trinajstić information content (AvgIpc) is 3.13. The maximum absolute atomic E-state index is 11.0. The van der Waals surface area contributed by atoms with Gasteiger partial charge in [0.05, 0.1) is 6.04 Å². The molecular formula is C26H23NO2. The van der Waals surface area contributed by atoms with Crippen LogP contribution in [0.2, 0.25) is 0 Å². The Hall–Kier alpha value is -3.59. The maximum atomic E-state index is 11.0. The van der Waals surface area contributed by atoms with Crippen molar-refractivity contribution in [3.63, 3.8) is 0 Å². The summed E-state index contributed by atoms with van der Waals surface area (Å²) in [5, 5.41) is 10.1. The maximum Gasteiger partial charge on any atom is 0.328 e. The minimum atomic E-state index is -0.927. The normalized spacial score (nSPS) is 12.8.